The van der Waals surface area contributed by atoms with Gasteiger partial charge in [-0.3, -0.25) is 0 Å². The highest BCUT2D eigenvalue weighted by Crippen LogP contribution is 2.33. The van der Waals surface area contributed by atoms with Gasteiger partial charge in [-0.15, -0.1) is 0 Å². The Kier molecular flexibility index (Phi) is 5.18. The molecule has 5 rings (SSSR count). The average molecular weight is 439 g/mol. The zero-order valence-electron chi connectivity index (χ0n) is 17.0. The van der Waals surface area contributed by atoms with E-state index < -0.39 is 11.7 Å². The number of benzene rings is 2. The first-order chi connectivity index (χ1) is 15.5. The molecular weight excluding hydrogens is 419 g/mol. The van der Waals surface area contributed by atoms with Crippen molar-refractivity contribution in [3.63, 3.8) is 0 Å². The lowest BCUT2D eigenvalue weighted by molar-refractivity contribution is -0.137. The lowest BCUT2D eigenvalue weighted by Gasteiger charge is -2.28. The van der Waals surface area contributed by atoms with Crippen molar-refractivity contribution < 1.29 is 17.9 Å². The number of aromatic nitrogens is 3. The van der Waals surface area contributed by atoms with Gasteiger partial charge in [-0.2, -0.15) is 18.3 Å². The molecule has 4 aromatic rings. The van der Waals surface area contributed by atoms with E-state index in [1.54, 1.807) is 22.8 Å². The smallest absolute Gasteiger partial charge is 0.378 e. The highest BCUT2D eigenvalue weighted by molar-refractivity contribution is 5.78. The molecule has 1 aliphatic rings. The van der Waals surface area contributed by atoms with Crippen molar-refractivity contribution in [3.05, 3.63) is 72.6 Å². The zero-order chi connectivity index (χ0) is 22.1. The number of hydrogen-bond donors (Lipinski definition) is 1. The van der Waals surface area contributed by atoms with Gasteiger partial charge in [-0.25, -0.2) is 9.50 Å². The fourth-order valence-corrected chi connectivity index (χ4v) is 3.73. The van der Waals surface area contributed by atoms with Crippen LogP contribution in [0.2, 0.25) is 0 Å². The molecule has 9 heteroatoms. The second-order valence-corrected chi connectivity index (χ2v) is 7.49. The molecule has 2 aromatic carbocycles. The zero-order valence-corrected chi connectivity index (χ0v) is 17.0. The van der Waals surface area contributed by atoms with Crippen molar-refractivity contribution >= 4 is 22.8 Å². The van der Waals surface area contributed by atoms with E-state index in [4.69, 9.17) is 4.74 Å². The summed E-state index contributed by atoms with van der Waals surface area (Å²) in [5, 5.41) is 7.48. The summed E-state index contributed by atoms with van der Waals surface area (Å²) in [4.78, 5) is 6.86. The monoisotopic (exact) mass is 439 g/mol. The van der Waals surface area contributed by atoms with Crippen molar-refractivity contribution in [2.45, 2.75) is 6.18 Å². The third-order valence-corrected chi connectivity index (χ3v) is 5.39. The molecule has 0 radical (unpaired) electrons. The first-order valence-electron chi connectivity index (χ1n) is 10.2. The van der Waals surface area contributed by atoms with Crippen LogP contribution in [0.4, 0.5) is 30.4 Å². The maximum atomic E-state index is 13.1. The maximum absolute atomic E-state index is 13.1. The molecule has 0 unspecified atom stereocenters. The summed E-state index contributed by atoms with van der Waals surface area (Å²) in [6.45, 7) is 3.18. The lowest BCUT2D eigenvalue weighted by Crippen LogP contribution is -2.36. The Morgan fingerprint density at radius 2 is 1.75 bits per heavy atom. The Labute approximate surface area is 182 Å². The fraction of sp³-hybridized carbons (Fsp3) is 0.217. The molecule has 164 valence electrons. The summed E-state index contributed by atoms with van der Waals surface area (Å²) < 4.78 is 46.3. The van der Waals surface area contributed by atoms with Gasteiger partial charge in [0, 0.05) is 36.2 Å². The van der Waals surface area contributed by atoms with Crippen LogP contribution in [0.15, 0.2) is 67.0 Å². The van der Waals surface area contributed by atoms with Gasteiger partial charge >= 0.3 is 6.18 Å². The Balaban J connectivity index is 1.40. The largest absolute Gasteiger partial charge is 0.416 e. The molecule has 1 N–H and O–H groups in total. The second kappa shape index (κ2) is 8.16. The Hall–Kier alpha value is -3.59. The van der Waals surface area contributed by atoms with Crippen LogP contribution in [0.5, 0.6) is 0 Å². The number of halogens is 3. The van der Waals surface area contributed by atoms with Crippen LogP contribution in [-0.2, 0) is 10.9 Å². The minimum atomic E-state index is -4.41. The summed E-state index contributed by atoms with van der Waals surface area (Å²) in [5.74, 6) is 0.574. The van der Waals surface area contributed by atoms with Crippen LogP contribution in [0, 0.1) is 0 Å². The van der Waals surface area contributed by atoms with Gasteiger partial charge in [-0.05, 0) is 48.0 Å². The third-order valence-electron chi connectivity index (χ3n) is 5.39. The second-order valence-electron chi connectivity index (χ2n) is 7.49. The molecule has 3 heterocycles. The molecule has 32 heavy (non-hydrogen) atoms. The molecule has 0 spiro atoms. The molecular formula is C23H20F3N5O. The Morgan fingerprint density at radius 1 is 0.969 bits per heavy atom. The van der Waals surface area contributed by atoms with Crippen LogP contribution >= 0.6 is 0 Å². The van der Waals surface area contributed by atoms with E-state index in [1.807, 2.05) is 24.3 Å². The van der Waals surface area contributed by atoms with E-state index >= 15 is 0 Å². The number of nitrogens with zero attached hydrogens (tertiary/aromatic N) is 4. The van der Waals surface area contributed by atoms with Crippen LogP contribution in [0.3, 0.4) is 0 Å². The number of ether oxygens (including phenoxy) is 1. The molecule has 1 saturated heterocycles. The number of hydrogen-bond acceptors (Lipinski definition) is 5. The van der Waals surface area contributed by atoms with Gasteiger partial charge in [0.15, 0.2) is 5.65 Å². The summed E-state index contributed by atoms with van der Waals surface area (Å²) in [7, 11) is 0. The standard InChI is InChI=1S/C23H20F3N5O/c24-23(25,26)17-3-1-2-16(14-17)20-15-27-31-9-8-21(29-22(20)31)28-18-4-6-19(7-5-18)30-10-12-32-13-11-30/h1-9,14-15H,10-13H2,(H,28,29). The minimum absolute atomic E-state index is 0.411. The highest BCUT2D eigenvalue weighted by Gasteiger charge is 2.30. The SMILES string of the molecule is FC(F)(F)c1cccc(-c2cnn3ccc(Nc4ccc(N5CCOCC5)cc4)nc23)c1. The molecule has 0 saturated carbocycles. The van der Waals surface area contributed by atoms with Crippen LogP contribution < -0.4 is 10.2 Å². The Bertz CT molecular complexity index is 1230. The average Bonchev–Trinajstić information content (AvgIpc) is 3.23. The predicted molar refractivity (Wildman–Crippen MR) is 116 cm³/mol. The van der Waals surface area contributed by atoms with Crippen molar-refractivity contribution in [3.8, 4) is 11.1 Å². The summed E-state index contributed by atoms with van der Waals surface area (Å²) in [6, 6.07) is 15.0. The summed E-state index contributed by atoms with van der Waals surface area (Å²) in [6.07, 6.45) is -1.16. The van der Waals surface area contributed by atoms with E-state index in [0.717, 1.165) is 49.8 Å². The fourth-order valence-electron chi connectivity index (χ4n) is 3.73. The maximum Gasteiger partial charge on any atom is 0.416 e. The van der Waals surface area contributed by atoms with Crippen LogP contribution in [0.1, 0.15) is 5.56 Å². The van der Waals surface area contributed by atoms with E-state index in [-0.39, 0.29) is 0 Å². The van der Waals surface area contributed by atoms with Gasteiger partial charge in [-0.1, -0.05) is 12.1 Å². The van der Waals surface area contributed by atoms with E-state index in [1.165, 1.54) is 12.3 Å². The number of rotatable bonds is 4. The number of alkyl halides is 3. The van der Waals surface area contributed by atoms with Gasteiger partial charge in [0.2, 0.25) is 0 Å². The van der Waals surface area contributed by atoms with Crippen LogP contribution in [0.25, 0.3) is 16.8 Å². The Morgan fingerprint density at radius 3 is 2.50 bits per heavy atom. The van der Waals surface area contributed by atoms with Crippen molar-refractivity contribution in [2.24, 2.45) is 0 Å². The molecule has 0 bridgehead atoms. The first kappa shape index (κ1) is 20.3. The molecule has 0 aliphatic carbocycles. The van der Waals surface area contributed by atoms with Gasteiger partial charge < -0.3 is 15.0 Å². The predicted octanol–water partition coefficient (Wildman–Crippen LogP) is 5.00. The lowest BCUT2D eigenvalue weighted by atomic mass is 10.1. The van der Waals surface area contributed by atoms with Crippen molar-refractivity contribution in [2.75, 3.05) is 36.5 Å². The minimum Gasteiger partial charge on any atom is -0.378 e. The van der Waals surface area contributed by atoms with Gasteiger partial charge in [0.25, 0.3) is 0 Å². The number of morpholine rings is 1. The number of nitrogens with one attached hydrogen (secondary N) is 1. The normalized spacial score (nSPS) is 14.7. The van der Waals surface area contributed by atoms with Crippen LogP contribution in [-0.4, -0.2) is 40.9 Å². The molecule has 2 aromatic heterocycles. The van der Waals surface area contributed by atoms with E-state index in [9.17, 15) is 13.2 Å². The quantitative estimate of drug-likeness (QED) is 0.485. The molecule has 1 fully saturated rings. The van der Waals surface area contributed by atoms with Gasteiger partial charge in [0.1, 0.15) is 5.82 Å². The van der Waals surface area contributed by atoms with E-state index in [0.29, 0.717) is 22.6 Å². The summed E-state index contributed by atoms with van der Waals surface area (Å²) in [5.41, 5.74) is 2.70. The molecule has 1 aliphatic heterocycles. The first-order valence-corrected chi connectivity index (χ1v) is 10.2. The molecule has 6 nitrogen and oxygen atoms in total. The number of fused-ring (bicyclic) bond motifs is 1. The third kappa shape index (κ3) is 4.11. The molecule has 0 atom stereocenters. The van der Waals surface area contributed by atoms with Gasteiger partial charge in [0.05, 0.1) is 25.0 Å². The summed E-state index contributed by atoms with van der Waals surface area (Å²) >= 11 is 0. The topological polar surface area (TPSA) is 54.7 Å². The molecule has 0 amide bonds. The van der Waals surface area contributed by atoms with Crippen molar-refractivity contribution in [1.29, 1.82) is 0 Å². The highest BCUT2D eigenvalue weighted by atomic mass is 19.4. The number of anilines is 3. The van der Waals surface area contributed by atoms with Crippen molar-refractivity contribution in [1.82, 2.24) is 14.6 Å². The van der Waals surface area contributed by atoms with E-state index in [2.05, 4.69) is 20.3 Å².